The van der Waals surface area contributed by atoms with E-state index in [2.05, 4.69) is 183 Å². The van der Waals surface area contributed by atoms with Crippen LogP contribution in [0.3, 0.4) is 0 Å². The average molecular weight is 620 g/mol. The van der Waals surface area contributed by atoms with Gasteiger partial charge in [0.2, 0.25) is 0 Å². The van der Waals surface area contributed by atoms with Crippen molar-refractivity contribution in [1.29, 1.82) is 0 Å². The van der Waals surface area contributed by atoms with Crippen LogP contribution >= 0.6 is 11.3 Å². The van der Waals surface area contributed by atoms with Gasteiger partial charge in [0.1, 0.15) is 0 Å². The van der Waals surface area contributed by atoms with E-state index in [1.54, 1.807) is 0 Å². The third kappa shape index (κ3) is 4.52. The topological polar surface area (TPSA) is 3.24 Å². The zero-order valence-electron chi connectivity index (χ0n) is 26.4. The van der Waals surface area contributed by atoms with E-state index in [9.17, 15) is 0 Å². The molecule has 8 aromatic rings. The van der Waals surface area contributed by atoms with Crippen LogP contribution in [-0.4, -0.2) is 0 Å². The van der Waals surface area contributed by atoms with E-state index in [1.165, 1.54) is 70.4 Å². The maximum absolute atomic E-state index is 2.46. The second-order valence-corrected chi connectivity index (χ2v) is 14.1. The summed E-state index contributed by atoms with van der Waals surface area (Å²) in [7, 11) is 0. The Morgan fingerprint density at radius 2 is 0.979 bits per heavy atom. The molecule has 1 nitrogen and oxygen atoms in total. The van der Waals surface area contributed by atoms with Gasteiger partial charge in [-0.1, -0.05) is 117 Å². The number of nitrogens with zero attached hydrogens (tertiary/aromatic N) is 1. The Bertz CT molecular complexity index is 2380. The van der Waals surface area contributed by atoms with Gasteiger partial charge in [-0.05, 0) is 105 Å². The third-order valence-electron chi connectivity index (χ3n) is 9.86. The standard InChI is InChI=1S/C45H33NS/c1-45(2)41-26-31(39-29-44-40(37-20-12-13-21-43(37)47-44)28-38(39)30-14-6-3-7-15-30)22-24-35(41)36-25-23-34(27-42(36)45)46(32-16-8-4-9-17-32)33-18-10-5-11-19-33/h3-29H,1-2H3. The number of para-hydroxylation sites is 2. The Kier molecular flexibility index (Phi) is 6.41. The van der Waals surface area contributed by atoms with E-state index >= 15 is 0 Å². The first-order valence-corrected chi connectivity index (χ1v) is 17.1. The molecule has 224 valence electrons. The fourth-order valence-corrected chi connectivity index (χ4v) is 8.63. The van der Waals surface area contributed by atoms with Gasteiger partial charge in [-0.25, -0.2) is 0 Å². The monoisotopic (exact) mass is 619 g/mol. The molecule has 0 atom stereocenters. The second-order valence-electron chi connectivity index (χ2n) is 13.0. The number of hydrogen-bond acceptors (Lipinski definition) is 2. The first-order valence-electron chi connectivity index (χ1n) is 16.3. The minimum Gasteiger partial charge on any atom is -0.310 e. The molecule has 1 heterocycles. The molecule has 0 aliphatic heterocycles. The maximum Gasteiger partial charge on any atom is 0.0465 e. The maximum atomic E-state index is 2.46. The number of rotatable bonds is 5. The predicted octanol–water partition coefficient (Wildman–Crippen LogP) is 13.2. The molecule has 0 N–H and O–H groups in total. The molecule has 0 unspecified atom stereocenters. The zero-order valence-corrected chi connectivity index (χ0v) is 27.3. The molecule has 2 heteroatoms. The van der Waals surface area contributed by atoms with Gasteiger partial charge in [0, 0.05) is 42.6 Å². The lowest BCUT2D eigenvalue weighted by molar-refractivity contribution is 0.660. The van der Waals surface area contributed by atoms with Crippen LogP contribution in [0.25, 0.3) is 53.6 Å². The molecule has 0 spiro atoms. The SMILES string of the molecule is CC1(C)c2cc(-c3cc4sc5ccccc5c4cc3-c3ccccc3)ccc2-c2ccc(N(c3ccccc3)c3ccccc3)cc21. The lowest BCUT2D eigenvalue weighted by atomic mass is 9.81. The first kappa shape index (κ1) is 27.8. The van der Waals surface area contributed by atoms with Crippen LogP contribution in [0, 0.1) is 0 Å². The lowest BCUT2D eigenvalue weighted by Gasteiger charge is -2.28. The van der Waals surface area contributed by atoms with E-state index in [0.717, 1.165) is 11.4 Å². The van der Waals surface area contributed by atoms with Crippen LogP contribution in [0.2, 0.25) is 0 Å². The summed E-state index contributed by atoms with van der Waals surface area (Å²) in [5.74, 6) is 0. The Hall–Kier alpha value is -5.44. The summed E-state index contributed by atoms with van der Waals surface area (Å²) in [5.41, 5.74) is 13.8. The highest BCUT2D eigenvalue weighted by Crippen LogP contribution is 2.52. The molecular weight excluding hydrogens is 587 g/mol. The molecule has 47 heavy (non-hydrogen) atoms. The lowest BCUT2D eigenvalue weighted by Crippen LogP contribution is -2.16. The van der Waals surface area contributed by atoms with E-state index in [-0.39, 0.29) is 5.41 Å². The first-order chi connectivity index (χ1) is 23.1. The van der Waals surface area contributed by atoms with Crippen molar-refractivity contribution in [2.75, 3.05) is 4.90 Å². The van der Waals surface area contributed by atoms with Crippen LogP contribution in [-0.2, 0) is 5.41 Å². The number of thiophene rings is 1. The minimum absolute atomic E-state index is 0.162. The van der Waals surface area contributed by atoms with Gasteiger partial charge in [-0.15, -0.1) is 11.3 Å². The number of anilines is 3. The molecule has 0 saturated heterocycles. The summed E-state index contributed by atoms with van der Waals surface area (Å²) in [6.45, 7) is 4.77. The van der Waals surface area contributed by atoms with Crippen LogP contribution in [0.15, 0.2) is 164 Å². The van der Waals surface area contributed by atoms with Crippen molar-refractivity contribution < 1.29 is 0 Å². The Morgan fingerprint density at radius 1 is 0.404 bits per heavy atom. The summed E-state index contributed by atoms with van der Waals surface area (Å²) in [6, 6.07) is 60.0. The number of benzene rings is 7. The molecular formula is C45H33NS. The van der Waals surface area contributed by atoms with Crippen molar-refractivity contribution >= 4 is 48.6 Å². The van der Waals surface area contributed by atoms with Crippen LogP contribution < -0.4 is 4.90 Å². The third-order valence-corrected chi connectivity index (χ3v) is 11.0. The molecule has 0 radical (unpaired) electrons. The minimum atomic E-state index is -0.162. The molecule has 0 bridgehead atoms. The van der Waals surface area contributed by atoms with Gasteiger partial charge in [-0.3, -0.25) is 0 Å². The smallest absolute Gasteiger partial charge is 0.0465 e. The second kappa shape index (κ2) is 10.8. The fraction of sp³-hybridized carbons (Fsp3) is 0.0667. The molecule has 0 amide bonds. The summed E-state index contributed by atoms with van der Waals surface area (Å²) in [5, 5.41) is 2.66. The van der Waals surface area contributed by atoms with Crippen molar-refractivity contribution in [2.45, 2.75) is 19.3 Å². The zero-order chi connectivity index (χ0) is 31.5. The highest BCUT2D eigenvalue weighted by molar-refractivity contribution is 7.25. The number of hydrogen-bond donors (Lipinski definition) is 0. The Labute approximate surface area is 280 Å². The van der Waals surface area contributed by atoms with Gasteiger partial charge in [0.15, 0.2) is 0 Å². The molecule has 0 fully saturated rings. The van der Waals surface area contributed by atoms with Crippen molar-refractivity contribution in [3.05, 3.63) is 175 Å². The molecule has 9 rings (SSSR count). The van der Waals surface area contributed by atoms with Crippen molar-refractivity contribution in [3.63, 3.8) is 0 Å². The van der Waals surface area contributed by atoms with Gasteiger partial charge < -0.3 is 4.90 Å². The normalized spacial score (nSPS) is 13.1. The van der Waals surface area contributed by atoms with Gasteiger partial charge in [0.05, 0.1) is 0 Å². The van der Waals surface area contributed by atoms with E-state index < -0.39 is 0 Å². The Balaban J connectivity index is 1.19. The van der Waals surface area contributed by atoms with E-state index in [1.807, 2.05) is 11.3 Å². The van der Waals surface area contributed by atoms with E-state index in [0.29, 0.717) is 0 Å². The molecule has 1 aliphatic carbocycles. The summed E-state index contributed by atoms with van der Waals surface area (Å²) < 4.78 is 2.66. The Morgan fingerprint density at radius 3 is 1.68 bits per heavy atom. The van der Waals surface area contributed by atoms with E-state index in [4.69, 9.17) is 0 Å². The van der Waals surface area contributed by atoms with Crippen molar-refractivity contribution in [2.24, 2.45) is 0 Å². The molecule has 1 aliphatic rings. The summed E-state index contributed by atoms with van der Waals surface area (Å²) in [4.78, 5) is 2.36. The van der Waals surface area contributed by atoms with Gasteiger partial charge >= 0.3 is 0 Å². The predicted molar refractivity (Wildman–Crippen MR) is 202 cm³/mol. The molecule has 7 aromatic carbocycles. The van der Waals surface area contributed by atoms with Crippen LogP contribution in [0.4, 0.5) is 17.1 Å². The average Bonchev–Trinajstić information content (AvgIpc) is 3.60. The highest BCUT2D eigenvalue weighted by atomic mass is 32.1. The highest BCUT2D eigenvalue weighted by Gasteiger charge is 2.36. The largest absolute Gasteiger partial charge is 0.310 e. The molecule has 0 saturated carbocycles. The quantitative estimate of drug-likeness (QED) is 0.185. The summed E-state index contributed by atoms with van der Waals surface area (Å²) >= 11 is 1.89. The van der Waals surface area contributed by atoms with Crippen LogP contribution in [0.5, 0.6) is 0 Å². The molecule has 1 aromatic heterocycles. The van der Waals surface area contributed by atoms with Crippen molar-refractivity contribution in [1.82, 2.24) is 0 Å². The fourth-order valence-electron chi connectivity index (χ4n) is 7.50. The number of fused-ring (bicyclic) bond motifs is 6. The summed E-state index contributed by atoms with van der Waals surface area (Å²) in [6.07, 6.45) is 0. The van der Waals surface area contributed by atoms with Gasteiger partial charge in [0.25, 0.3) is 0 Å². The van der Waals surface area contributed by atoms with Crippen molar-refractivity contribution in [3.8, 4) is 33.4 Å². The van der Waals surface area contributed by atoms with Crippen LogP contribution in [0.1, 0.15) is 25.0 Å². The van der Waals surface area contributed by atoms with Gasteiger partial charge in [-0.2, -0.15) is 0 Å².